The van der Waals surface area contributed by atoms with Crippen molar-refractivity contribution in [3.05, 3.63) is 36.2 Å². The van der Waals surface area contributed by atoms with Crippen LogP contribution in [0.3, 0.4) is 0 Å². The second-order valence-corrected chi connectivity index (χ2v) is 22.9. The summed E-state index contributed by atoms with van der Waals surface area (Å²) in [6.45, 7) is 19.5. The number of carbonyl (C=O) groups excluding carboxylic acids is 1. The fraction of sp³-hybridized carbons (Fsp3) is 0.824. The first kappa shape index (κ1) is 60.2. The van der Waals surface area contributed by atoms with Gasteiger partial charge >= 0.3 is 11.5 Å². The van der Waals surface area contributed by atoms with Gasteiger partial charge in [-0.1, -0.05) is 32.9 Å². The molecule has 1 aromatic carbocycles. The molecule has 0 saturated carbocycles. The Kier molecular flexibility index (Phi) is 20.9. The van der Waals surface area contributed by atoms with Gasteiger partial charge in [0.15, 0.2) is 6.29 Å². The van der Waals surface area contributed by atoms with Crippen LogP contribution in [0.15, 0.2) is 35.4 Å². The quantitative estimate of drug-likeness (QED) is 0.0852. The number of alkyl halides is 3. The van der Waals surface area contributed by atoms with Crippen LogP contribution >= 0.6 is 11.8 Å². The second kappa shape index (κ2) is 25.0. The summed E-state index contributed by atoms with van der Waals surface area (Å²) in [6.07, 6.45) is -4.71. The molecule has 4 heterocycles. The zero-order chi connectivity index (χ0) is 53.7. The molecule has 3 aliphatic rings. The lowest BCUT2D eigenvalue weighted by molar-refractivity contribution is -0.302. The number of thioether (sulfide) groups is 1. The zero-order valence-electron chi connectivity index (χ0n) is 44.5. The molecule has 0 amide bonds. The van der Waals surface area contributed by atoms with E-state index in [1.807, 2.05) is 50.9 Å². The number of likely N-dealkylation sites (N-methyl/N-ethyl adjacent to an activating group) is 2. The molecule has 21 heteroatoms. The smallest absolute Gasteiger partial charge is 0.446 e. The number of methoxy groups -OCH3 is 1. The van der Waals surface area contributed by atoms with Crippen molar-refractivity contribution in [2.45, 2.75) is 209 Å². The van der Waals surface area contributed by atoms with Crippen LogP contribution in [0.2, 0.25) is 0 Å². The van der Waals surface area contributed by atoms with Crippen LogP contribution in [0.1, 0.15) is 107 Å². The molecular weight excluding hydrogens is 964 g/mol. The lowest BCUT2D eigenvalue weighted by Crippen LogP contribution is -2.62. The minimum Gasteiger partial charge on any atom is -0.494 e. The summed E-state index contributed by atoms with van der Waals surface area (Å²) in [4.78, 5) is 18.6. The summed E-state index contributed by atoms with van der Waals surface area (Å²) >= 11 is -0.177. The molecule has 1 aromatic heterocycles. The van der Waals surface area contributed by atoms with E-state index in [1.54, 1.807) is 46.2 Å². The molecule has 0 spiro atoms. The number of aliphatic hydroxyl groups excluding tert-OH is 3. The summed E-state index contributed by atoms with van der Waals surface area (Å²) in [5, 5.41) is 68.6. The molecule has 18 atom stereocenters. The van der Waals surface area contributed by atoms with Crippen LogP contribution in [0, 0.1) is 23.7 Å². The first-order valence-corrected chi connectivity index (χ1v) is 26.3. The average Bonchev–Trinajstić information content (AvgIpc) is 3.76. The molecule has 0 bridgehead atoms. The number of benzene rings is 1. The molecule has 72 heavy (non-hydrogen) atoms. The van der Waals surface area contributed by atoms with Gasteiger partial charge in [0.1, 0.15) is 35.8 Å². The third-order valence-corrected chi connectivity index (χ3v) is 16.4. The number of rotatable bonds is 15. The Morgan fingerprint density at radius 2 is 1.65 bits per heavy atom. The molecule has 3 saturated heterocycles. The highest BCUT2D eigenvalue weighted by atomic mass is 32.2. The van der Waals surface area contributed by atoms with Crippen molar-refractivity contribution in [1.82, 2.24) is 24.8 Å². The fourth-order valence-corrected chi connectivity index (χ4v) is 11.9. The number of hydrogen-bond donors (Lipinski definition) is 5. The molecule has 3 fully saturated rings. The molecule has 1 unspecified atom stereocenters. The van der Waals surface area contributed by atoms with Gasteiger partial charge in [-0.3, -0.25) is 9.48 Å². The molecule has 17 nitrogen and oxygen atoms in total. The number of esters is 1. The third-order valence-electron chi connectivity index (χ3n) is 15.6. The van der Waals surface area contributed by atoms with Crippen LogP contribution in [-0.2, 0) is 41.4 Å². The van der Waals surface area contributed by atoms with Crippen LogP contribution < -0.4 is 4.74 Å². The summed E-state index contributed by atoms with van der Waals surface area (Å²) in [7, 11) is 5.26. The largest absolute Gasteiger partial charge is 0.494 e. The summed E-state index contributed by atoms with van der Waals surface area (Å²) in [5.41, 5.74) is -8.14. The van der Waals surface area contributed by atoms with Gasteiger partial charge in [-0.15, -0.1) is 5.10 Å². The van der Waals surface area contributed by atoms with E-state index in [2.05, 4.69) is 10.3 Å². The number of ether oxygens (including phenoxy) is 6. The number of aromatic nitrogens is 3. The molecule has 0 radical (unpaired) electrons. The topological polar surface area (TPSA) is 211 Å². The van der Waals surface area contributed by atoms with Crippen LogP contribution in [-0.4, -0.2) is 187 Å². The lowest BCUT2D eigenvalue weighted by atomic mass is 9.68. The standard InChI is InChI=1S/C51H84F3N5O12S/c1-14-40-50(10,65)43(61)33(6)58(12)27-29(2)25-48(8,64)45(31(4)41(32(5)46(63)70-40)39-26-49(9,66-13)44(62)34(7)69-39)71-47-42(60)38(24-30(3)68-47)57(11)22-20-35-28-59(56-55-35)21-15-23-67-36-16-18-37(19-17-36)72-51(52,53)54/h16-19,28-34,38-45,47,60-62,64-65H,14-15,20-27H2,1-13H3/t29-,30-,31+,32-,33-,34+,38+,39?,40-,41+,42-,43-,44+,45-,47+,48-,49-,50-/m1/s1. The SMILES string of the molecule is CC[C@H]1OC(=O)[C@H](C)[C@@H](C2C[C@@](C)(OC)[C@@H](O)[C@H](C)O2)[C@H](C)[C@@H](O[C@@H]2O[C@H](C)C[C@H](N(C)CCc3cn(CCCOc4ccc(SC(F)(F)F)cc4)nn3)[C@H]2O)[C@](C)(O)C[C@@H](C)CN(C)[C@H](C)[C@@H](O)[C@]1(C)O. The maximum Gasteiger partial charge on any atom is 0.446 e. The van der Waals surface area contributed by atoms with E-state index in [9.17, 15) is 43.5 Å². The number of halogens is 3. The van der Waals surface area contributed by atoms with E-state index in [4.69, 9.17) is 28.4 Å². The molecule has 5 rings (SSSR count). The number of aliphatic hydroxyl groups is 5. The zero-order valence-corrected chi connectivity index (χ0v) is 45.3. The van der Waals surface area contributed by atoms with Crippen molar-refractivity contribution in [1.29, 1.82) is 0 Å². The minimum atomic E-state index is -4.36. The van der Waals surface area contributed by atoms with E-state index in [0.29, 0.717) is 51.3 Å². The van der Waals surface area contributed by atoms with Crippen LogP contribution in [0.4, 0.5) is 13.2 Å². The number of carbonyl (C=O) groups is 1. The molecule has 412 valence electrons. The van der Waals surface area contributed by atoms with E-state index >= 15 is 0 Å². The normalized spacial score (nSPS) is 39.3. The van der Waals surface area contributed by atoms with Crippen molar-refractivity contribution in [3.8, 4) is 5.75 Å². The molecule has 0 aliphatic carbocycles. The van der Waals surface area contributed by atoms with Gasteiger partial charge < -0.3 is 63.8 Å². The third kappa shape index (κ3) is 15.0. The van der Waals surface area contributed by atoms with E-state index in [0.717, 1.165) is 5.69 Å². The Balaban J connectivity index is 1.36. The first-order chi connectivity index (χ1) is 33.5. The van der Waals surface area contributed by atoms with Crippen molar-refractivity contribution in [2.24, 2.45) is 23.7 Å². The Hall–Kier alpha value is -2.67. The Bertz CT molecular complexity index is 2000. The highest BCUT2D eigenvalue weighted by Gasteiger charge is 2.55. The van der Waals surface area contributed by atoms with Crippen molar-refractivity contribution < 1.29 is 71.9 Å². The van der Waals surface area contributed by atoms with Crippen molar-refractivity contribution in [2.75, 3.05) is 40.9 Å². The highest BCUT2D eigenvalue weighted by Crippen LogP contribution is 2.45. The van der Waals surface area contributed by atoms with Gasteiger partial charge in [0.05, 0.1) is 53.8 Å². The van der Waals surface area contributed by atoms with Gasteiger partial charge in [0, 0.05) is 75.1 Å². The molecule has 5 N–H and O–H groups in total. The minimum absolute atomic E-state index is 0.0830. The summed E-state index contributed by atoms with van der Waals surface area (Å²) in [5.74, 6) is -2.77. The number of nitrogens with zero attached hydrogens (tertiary/aromatic N) is 5. The molecule has 3 aliphatic heterocycles. The second-order valence-electron chi connectivity index (χ2n) is 21.7. The molecule has 2 aromatic rings. The van der Waals surface area contributed by atoms with E-state index in [-0.39, 0.29) is 47.9 Å². The molecular formula is C51H84F3N5O12S. The van der Waals surface area contributed by atoms with Crippen LogP contribution in [0.5, 0.6) is 5.75 Å². The highest BCUT2D eigenvalue weighted by molar-refractivity contribution is 8.00. The number of aryl methyl sites for hydroxylation is 1. The van der Waals surface area contributed by atoms with Gasteiger partial charge in [-0.2, -0.15) is 13.2 Å². The maximum atomic E-state index is 14.6. The monoisotopic (exact) mass is 1050 g/mol. The Morgan fingerprint density at radius 1 is 0.986 bits per heavy atom. The predicted octanol–water partition coefficient (Wildman–Crippen LogP) is 5.46. The fourth-order valence-electron chi connectivity index (χ4n) is 11.4. The average molecular weight is 1050 g/mol. The van der Waals surface area contributed by atoms with Gasteiger partial charge in [-0.05, 0) is 123 Å². The van der Waals surface area contributed by atoms with Crippen LogP contribution in [0.25, 0.3) is 0 Å². The Labute approximate surface area is 428 Å². The Morgan fingerprint density at radius 3 is 2.28 bits per heavy atom. The van der Waals surface area contributed by atoms with E-state index in [1.165, 1.54) is 38.3 Å². The summed E-state index contributed by atoms with van der Waals surface area (Å²) < 4.78 is 77.6. The van der Waals surface area contributed by atoms with Gasteiger partial charge in [0.25, 0.3) is 0 Å². The summed E-state index contributed by atoms with van der Waals surface area (Å²) in [6, 6.07) is 4.74. The van der Waals surface area contributed by atoms with Gasteiger partial charge in [-0.25, -0.2) is 0 Å². The first-order valence-electron chi connectivity index (χ1n) is 25.5. The maximum absolute atomic E-state index is 14.6. The lowest BCUT2D eigenvalue weighted by Gasteiger charge is -2.51. The number of cyclic esters (lactones) is 1. The predicted molar refractivity (Wildman–Crippen MR) is 264 cm³/mol. The van der Waals surface area contributed by atoms with Crippen molar-refractivity contribution in [3.63, 3.8) is 0 Å². The van der Waals surface area contributed by atoms with E-state index < -0.39 is 107 Å². The van der Waals surface area contributed by atoms with Crippen molar-refractivity contribution >= 4 is 17.7 Å². The number of hydrogen-bond acceptors (Lipinski definition) is 17. The van der Waals surface area contributed by atoms with Gasteiger partial charge in [0.2, 0.25) is 0 Å².